The van der Waals surface area contributed by atoms with Gasteiger partial charge in [0.1, 0.15) is 5.66 Å². The van der Waals surface area contributed by atoms with E-state index in [1.54, 1.807) is 69.6 Å². The fraction of sp³-hybridized carbons (Fsp3) is 0.379. The van der Waals surface area contributed by atoms with Crippen LogP contribution in [0.4, 0.5) is 11.6 Å². The lowest BCUT2D eigenvalue weighted by molar-refractivity contribution is -0.140. The fourth-order valence-electron chi connectivity index (χ4n) is 4.75. The predicted octanol–water partition coefficient (Wildman–Crippen LogP) is 3.48. The van der Waals surface area contributed by atoms with Gasteiger partial charge < -0.3 is 20.6 Å². The Balaban J connectivity index is 1.48. The van der Waals surface area contributed by atoms with E-state index in [1.807, 2.05) is 12.1 Å². The molecule has 12 heteroatoms. The van der Waals surface area contributed by atoms with Gasteiger partial charge in [0.15, 0.2) is 0 Å². The van der Waals surface area contributed by atoms with Gasteiger partial charge in [-0.2, -0.15) is 4.72 Å². The molecule has 0 radical (unpaired) electrons. The predicted molar refractivity (Wildman–Crippen MR) is 156 cm³/mol. The number of carboxylic acids is 1. The average molecular weight is 581 g/mol. The summed E-state index contributed by atoms with van der Waals surface area (Å²) in [6.45, 7) is 6.64. The Bertz CT molecular complexity index is 1440. The van der Waals surface area contributed by atoms with Gasteiger partial charge in [-0.15, -0.1) is 0 Å². The zero-order valence-corrected chi connectivity index (χ0v) is 24.2. The lowest BCUT2D eigenvalue weighted by atomic mass is 9.78. The normalized spacial score (nSPS) is 16.0. The summed E-state index contributed by atoms with van der Waals surface area (Å²) in [5.74, 6) is -1.24. The van der Waals surface area contributed by atoms with Gasteiger partial charge >= 0.3 is 5.97 Å². The van der Waals surface area contributed by atoms with Crippen LogP contribution in [-0.4, -0.2) is 60.2 Å². The molecule has 1 unspecified atom stereocenters. The molecule has 2 heterocycles. The largest absolute Gasteiger partial charge is 0.481 e. The first-order valence-electron chi connectivity index (χ1n) is 13.4. The second kappa shape index (κ2) is 12.2. The minimum atomic E-state index is -4.17. The molecule has 1 aliphatic heterocycles. The van der Waals surface area contributed by atoms with Crippen LogP contribution in [0.15, 0.2) is 78.0 Å². The molecular formula is C29H36N6O5S. The van der Waals surface area contributed by atoms with E-state index in [2.05, 4.69) is 30.2 Å². The monoisotopic (exact) mass is 580 g/mol. The summed E-state index contributed by atoms with van der Waals surface area (Å²) in [6.07, 6.45) is 4.53. The Morgan fingerprint density at radius 3 is 2.12 bits per heavy atom. The summed E-state index contributed by atoms with van der Waals surface area (Å²) in [6, 6.07) is 16.7. The first-order chi connectivity index (χ1) is 19.4. The maximum Gasteiger partial charge on any atom is 0.307 e. The molecule has 4 rings (SSSR count). The van der Waals surface area contributed by atoms with Crippen LogP contribution in [0.1, 0.15) is 50.4 Å². The van der Waals surface area contributed by atoms with Gasteiger partial charge in [-0.25, -0.2) is 18.4 Å². The van der Waals surface area contributed by atoms with Crippen molar-refractivity contribution in [2.75, 3.05) is 23.3 Å². The lowest BCUT2D eigenvalue weighted by Crippen LogP contribution is -2.68. The number of amides is 1. The molecule has 1 atom stereocenters. The van der Waals surface area contributed by atoms with Gasteiger partial charge in [0.2, 0.25) is 16.0 Å². The number of anilines is 2. The van der Waals surface area contributed by atoms with Crippen molar-refractivity contribution < 1.29 is 23.1 Å². The van der Waals surface area contributed by atoms with Crippen LogP contribution in [0, 0.1) is 5.41 Å². The standard InChI is InChI=1S/C29H36N6O5S/c1-28(2,3)29(20-25(36)37,34-41(39,40)24-8-5-4-6-9-24)33-26(38)21-10-12-23(13-11-21)35-18-14-22(15-19-35)32-27-30-16-7-17-31-27/h4-13,16-17,22,34H,14-15,18-20H2,1-3H3,(H,33,38)(H,36,37)(H,30,31,32). The van der Waals surface area contributed by atoms with Crippen molar-refractivity contribution in [3.05, 3.63) is 78.6 Å². The number of carboxylic acid groups (broad SMARTS) is 1. The van der Waals surface area contributed by atoms with Crippen molar-refractivity contribution in [2.24, 2.45) is 5.41 Å². The van der Waals surface area contributed by atoms with Crippen LogP contribution in [0.3, 0.4) is 0 Å². The summed E-state index contributed by atoms with van der Waals surface area (Å²) in [5.41, 5.74) is -1.59. The van der Waals surface area contributed by atoms with Gasteiger partial charge in [-0.3, -0.25) is 9.59 Å². The number of nitrogens with zero attached hydrogens (tertiary/aromatic N) is 3. The molecule has 1 amide bonds. The third-order valence-electron chi connectivity index (χ3n) is 7.27. The Morgan fingerprint density at radius 1 is 0.951 bits per heavy atom. The van der Waals surface area contributed by atoms with Crippen LogP contribution in [0.25, 0.3) is 0 Å². The third kappa shape index (κ3) is 7.39. The topological polar surface area (TPSA) is 154 Å². The van der Waals surface area contributed by atoms with Crippen molar-refractivity contribution in [3.8, 4) is 0 Å². The van der Waals surface area contributed by atoms with Gasteiger partial charge in [-0.05, 0) is 55.3 Å². The van der Waals surface area contributed by atoms with E-state index in [0.717, 1.165) is 31.6 Å². The van der Waals surface area contributed by atoms with Crippen molar-refractivity contribution in [3.63, 3.8) is 0 Å². The molecular weight excluding hydrogens is 544 g/mol. The number of benzene rings is 2. The third-order valence-corrected chi connectivity index (χ3v) is 8.78. The van der Waals surface area contributed by atoms with E-state index in [1.165, 1.54) is 12.1 Å². The van der Waals surface area contributed by atoms with Crippen LogP contribution in [0.5, 0.6) is 0 Å². The van der Waals surface area contributed by atoms with E-state index in [-0.39, 0.29) is 16.5 Å². The molecule has 0 spiro atoms. The number of carbonyl (C=O) groups is 2. The molecule has 1 aromatic heterocycles. The van der Waals surface area contributed by atoms with Gasteiger partial charge in [0.25, 0.3) is 5.91 Å². The Kier molecular flexibility index (Phi) is 8.93. The van der Waals surface area contributed by atoms with Crippen LogP contribution in [-0.2, 0) is 14.8 Å². The fourth-order valence-corrected chi connectivity index (χ4v) is 6.28. The van der Waals surface area contributed by atoms with E-state index in [0.29, 0.717) is 5.95 Å². The molecule has 11 nitrogen and oxygen atoms in total. The average Bonchev–Trinajstić information content (AvgIpc) is 2.93. The minimum Gasteiger partial charge on any atom is -0.481 e. The molecule has 0 bridgehead atoms. The van der Waals surface area contributed by atoms with Gasteiger partial charge in [0, 0.05) is 48.2 Å². The Morgan fingerprint density at radius 2 is 1.56 bits per heavy atom. The Labute approximate surface area is 240 Å². The number of sulfonamides is 1. The highest BCUT2D eigenvalue weighted by atomic mass is 32.2. The molecule has 1 aliphatic rings. The smallest absolute Gasteiger partial charge is 0.307 e. The lowest BCUT2D eigenvalue weighted by Gasteiger charge is -2.44. The number of hydrogen-bond acceptors (Lipinski definition) is 8. The van der Waals surface area contributed by atoms with Crippen LogP contribution in [0.2, 0.25) is 0 Å². The van der Waals surface area contributed by atoms with Crippen LogP contribution < -0.4 is 20.3 Å². The molecule has 0 saturated carbocycles. The molecule has 41 heavy (non-hydrogen) atoms. The number of aliphatic carboxylic acids is 1. The summed E-state index contributed by atoms with van der Waals surface area (Å²) < 4.78 is 29.0. The first kappa shape index (κ1) is 29.9. The zero-order chi connectivity index (χ0) is 29.7. The summed E-state index contributed by atoms with van der Waals surface area (Å²) in [7, 11) is -4.17. The molecule has 2 aromatic carbocycles. The highest BCUT2D eigenvalue weighted by molar-refractivity contribution is 7.89. The molecule has 218 valence electrons. The van der Waals surface area contributed by atoms with E-state index >= 15 is 0 Å². The zero-order valence-electron chi connectivity index (χ0n) is 23.4. The van der Waals surface area contributed by atoms with Crippen molar-refractivity contribution >= 4 is 33.5 Å². The van der Waals surface area contributed by atoms with Crippen LogP contribution >= 0.6 is 0 Å². The second-order valence-electron chi connectivity index (χ2n) is 11.1. The summed E-state index contributed by atoms with van der Waals surface area (Å²) in [4.78, 5) is 36.0. The molecule has 1 fully saturated rings. The maximum absolute atomic E-state index is 13.4. The molecule has 4 N–H and O–H groups in total. The number of rotatable bonds is 10. The highest BCUT2D eigenvalue weighted by Gasteiger charge is 2.48. The molecule has 1 saturated heterocycles. The van der Waals surface area contributed by atoms with E-state index in [4.69, 9.17) is 0 Å². The summed E-state index contributed by atoms with van der Waals surface area (Å²) >= 11 is 0. The second-order valence-corrected chi connectivity index (χ2v) is 12.8. The number of carbonyl (C=O) groups excluding carboxylic acids is 1. The van der Waals surface area contributed by atoms with Gasteiger partial charge in [-0.1, -0.05) is 39.0 Å². The van der Waals surface area contributed by atoms with Crippen molar-refractivity contribution in [1.29, 1.82) is 0 Å². The number of nitrogens with one attached hydrogen (secondary N) is 3. The van der Waals surface area contributed by atoms with Crippen molar-refractivity contribution in [1.82, 2.24) is 20.0 Å². The SMILES string of the molecule is CC(C)(C)C(CC(=O)O)(NC(=O)c1ccc(N2CCC(Nc3ncccn3)CC2)cc1)NS(=O)(=O)c1ccccc1. The number of piperidine rings is 1. The Hall–Kier alpha value is -4.03. The molecule has 3 aromatic rings. The number of aromatic nitrogens is 2. The molecule has 0 aliphatic carbocycles. The quantitative estimate of drug-likeness (QED) is 0.264. The summed E-state index contributed by atoms with van der Waals surface area (Å²) in [5, 5.41) is 15.8. The first-order valence-corrected chi connectivity index (χ1v) is 14.9. The minimum absolute atomic E-state index is 0.0344. The highest BCUT2D eigenvalue weighted by Crippen LogP contribution is 2.33. The van der Waals surface area contributed by atoms with Gasteiger partial charge in [0.05, 0.1) is 11.3 Å². The van der Waals surface area contributed by atoms with E-state index < -0.39 is 39.4 Å². The maximum atomic E-state index is 13.4. The number of hydrogen-bond donors (Lipinski definition) is 4. The van der Waals surface area contributed by atoms with E-state index in [9.17, 15) is 23.1 Å². The van der Waals surface area contributed by atoms with Crippen molar-refractivity contribution in [2.45, 2.75) is 56.6 Å².